The smallest absolute Gasteiger partial charge is 0.257 e. The van der Waals surface area contributed by atoms with Crippen LogP contribution in [0, 0.1) is 0 Å². The number of thiocarbonyl (C=S) groups is 1. The number of benzene rings is 3. The van der Waals surface area contributed by atoms with Crippen LogP contribution in [-0.4, -0.2) is 37.3 Å². The highest BCUT2D eigenvalue weighted by Crippen LogP contribution is 2.15. The lowest BCUT2D eigenvalue weighted by molar-refractivity contribution is 0.0938. The second-order valence-corrected chi connectivity index (χ2v) is 7.87. The number of methoxy groups -OCH3 is 1. The van der Waals surface area contributed by atoms with Crippen molar-refractivity contribution in [2.24, 2.45) is 0 Å². The number of carbonyl (C=O) groups excluding carboxylic acids is 2. The van der Waals surface area contributed by atoms with E-state index in [1.807, 2.05) is 37.3 Å². The molecule has 0 bridgehead atoms. The van der Waals surface area contributed by atoms with Crippen LogP contribution in [0.25, 0.3) is 0 Å². The molecule has 34 heavy (non-hydrogen) atoms. The van der Waals surface area contributed by atoms with Gasteiger partial charge in [0.25, 0.3) is 11.8 Å². The predicted octanol–water partition coefficient (Wildman–Crippen LogP) is 4.33. The number of anilines is 1. The molecule has 0 saturated carbocycles. The van der Waals surface area contributed by atoms with Crippen LogP contribution in [0.1, 0.15) is 39.2 Å². The van der Waals surface area contributed by atoms with Crippen molar-refractivity contribution in [3.05, 3.63) is 95.6 Å². The van der Waals surface area contributed by atoms with Gasteiger partial charge in [0.05, 0.1) is 12.6 Å². The highest BCUT2D eigenvalue weighted by molar-refractivity contribution is 7.80. The molecule has 0 aromatic heterocycles. The summed E-state index contributed by atoms with van der Waals surface area (Å²) in [5.74, 6) is 0.0836. The molecule has 0 heterocycles. The number of hydrogen-bond donors (Lipinski definition) is 3. The average molecular weight is 478 g/mol. The Morgan fingerprint density at radius 2 is 1.62 bits per heavy atom. The minimum Gasteiger partial charge on any atom is -0.491 e. The van der Waals surface area contributed by atoms with Crippen LogP contribution in [0.3, 0.4) is 0 Å². The van der Waals surface area contributed by atoms with Crippen LogP contribution >= 0.6 is 12.2 Å². The maximum absolute atomic E-state index is 12.7. The summed E-state index contributed by atoms with van der Waals surface area (Å²) < 4.78 is 10.4. The Morgan fingerprint density at radius 3 is 2.32 bits per heavy atom. The number of ether oxygens (including phenoxy) is 2. The van der Waals surface area contributed by atoms with E-state index in [1.54, 1.807) is 55.6 Å². The summed E-state index contributed by atoms with van der Waals surface area (Å²) in [4.78, 5) is 25.2. The van der Waals surface area contributed by atoms with Gasteiger partial charge in [0.15, 0.2) is 5.11 Å². The topological polar surface area (TPSA) is 88.7 Å². The fraction of sp³-hybridized carbons (Fsp3) is 0.192. The van der Waals surface area contributed by atoms with E-state index in [2.05, 4.69) is 16.0 Å². The molecule has 7 nitrogen and oxygen atoms in total. The molecule has 3 rings (SSSR count). The summed E-state index contributed by atoms with van der Waals surface area (Å²) in [6, 6.07) is 23.2. The standard InChI is InChI=1S/C26H27N3O4S/c1-18(19-7-4-3-5-8-19)27-25(31)21-9-6-10-22(17-21)28-26(34)29-24(30)20-11-13-23(14-12-20)33-16-15-32-2/h3-14,17-18H,15-16H2,1-2H3,(H,27,31)(H2,28,29,30,34). The van der Waals surface area contributed by atoms with Gasteiger partial charge < -0.3 is 20.1 Å². The van der Waals surface area contributed by atoms with Crippen LogP contribution in [0.15, 0.2) is 78.9 Å². The zero-order valence-corrected chi connectivity index (χ0v) is 19.9. The number of carbonyl (C=O) groups is 2. The van der Waals surface area contributed by atoms with Crippen LogP contribution in [0.2, 0.25) is 0 Å². The minimum atomic E-state index is -0.355. The number of nitrogens with one attached hydrogen (secondary N) is 3. The van der Waals surface area contributed by atoms with Gasteiger partial charge in [-0.25, -0.2) is 0 Å². The van der Waals surface area contributed by atoms with Crippen molar-refractivity contribution in [2.75, 3.05) is 25.6 Å². The first kappa shape index (κ1) is 24.9. The third kappa shape index (κ3) is 7.40. The Morgan fingerprint density at radius 1 is 0.882 bits per heavy atom. The molecular weight excluding hydrogens is 450 g/mol. The lowest BCUT2D eigenvalue weighted by Gasteiger charge is -2.15. The number of amides is 2. The fourth-order valence-corrected chi connectivity index (χ4v) is 3.34. The molecule has 0 aliphatic heterocycles. The number of rotatable bonds is 9. The van der Waals surface area contributed by atoms with E-state index in [-0.39, 0.29) is 23.0 Å². The molecule has 1 unspecified atom stereocenters. The van der Waals surface area contributed by atoms with Crippen LogP contribution in [0.4, 0.5) is 5.69 Å². The molecule has 0 saturated heterocycles. The molecule has 0 spiro atoms. The van der Waals surface area contributed by atoms with Crippen molar-refractivity contribution in [3.63, 3.8) is 0 Å². The summed E-state index contributed by atoms with van der Waals surface area (Å²) in [5.41, 5.74) is 2.52. The maximum atomic E-state index is 12.7. The van der Waals surface area contributed by atoms with Crippen molar-refractivity contribution < 1.29 is 19.1 Å². The summed E-state index contributed by atoms with van der Waals surface area (Å²) in [6.07, 6.45) is 0. The zero-order chi connectivity index (χ0) is 24.3. The van der Waals surface area contributed by atoms with Gasteiger partial charge in [0.2, 0.25) is 0 Å². The molecule has 2 amide bonds. The molecule has 3 aromatic rings. The summed E-state index contributed by atoms with van der Waals surface area (Å²) in [6.45, 7) is 2.84. The van der Waals surface area contributed by atoms with Crippen molar-refractivity contribution >= 4 is 34.8 Å². The predicted molar refractivity (Wildman–Crippen MR) is 136 cm³/mol. The van der Waals surface area contributed by atoms with Gasteiger partial charge in [0.1, 0.15) is 12.4 Å². The van der Waals surface area contributed by atoms with Gasteiger partial charge in [-0.3, -0.25) is 14.9 Å². The van der Waals surface area contributed by atoms with Crippen LogP contribution < -0.4 is 20.7 Å². The quantitative estimate of drug-likeness (QED) is 0.314. The van der Waals surface area contributed by atoms with E-state index in [9.17, 15) is 9.59 Å². The molecule has 3 aromatic carbocycles. The highest BCUT2D eigenvalue weighted by atomic mass is 32.1. The third-order valence-corrected chi connectivity index (χ3v) is 5.13. The van der Waals surface area contributed by atoms with Gasteiger partial charge in [0, 0.05) is 23.9 Å². The Kier molecular flexibility index (Phi) is 9.13. The lowest BCUT2D eigenvalue weighted by atomic mass is 10.1. The average Bonchev–Trinajstić information content (AvgIpc) is 2.85. The molecule has 1 atom stereocenters. The third-order valence-electron chi connectivity index (χ3n) is 4.93. The Hall–Kier alpha value is -3.75. The van der Waals surface area contributed by atoms with Crippen molar-refractivity contribution in [3.8, 4) is 5.75 Å². The molecule has 0 aliphatic rings. The van der Waals surface area contributed by atoms with Crippen molar-refractivity contribution in [1.29, 1.82) is 0 Å². The first-order chi connectivity index (χ1) is 16.5. The maximum Gasteiger partial charge on any atom is 0.257 e. The van der Waals surface area contributed by atoms with Gasteiger partial charge in [-0.05, 0) is 67.2 Å². The number of hydrogen-bond acceptors (Lipinski definition) is 5. The summed E-state index contributed by atoms with van der Waals surface area (Å²) in [7, 11) is 1.60. The van der Waals surface area contributed by atoms with Gasteiger partial charge >= 0.3 is 0 Å². The molecular formula is C26H27N3O4S. The highest BCUT2D eigenvalue weighted by Gasteiger charge is 2.13. The Bertz CT molecular complexity index is 1120. The van der Waals surface area contributed by atoms with Gasteiger partial charge in [-0.15, -0.1) is 0 Å². The normalized spacial score (nSPS) is 11.2. The largest absolute Gasteiger partial charge is 0.491 e. The van der Waals surface area contributed by atoms with E-state index < -0.39 is 0 Å². The first-order valence-corrected chi connectivity index (χ1v) is 11.2. The Balaban J connectivity index is 1.54. The minimum absolute atomic E-state index is 0.126. The van der Waals surface area contributed by atoms with E-state index in [4.69, 9.17) is 21.7 Å². The Labute approximate surface area is 204 Å². The molecule has 0 fully saturated rings. The van der Waals surface area contributed by atoms with E-state index >= 15 is 0 Å². The SMILES string of the molecule is COCCOc1ccc(C(=O)NC(=S)Nc2cccc(C(=O)NC(C)c3ccccc3)c2)cc1. The molecule has 0 radical (unpaired) electrons. The van der Waals surface area contributed by atoms with Crippen molar-refractivity contribution in [1.82, 2.24) is 10.6 Å². The molecule has 3 N–H and O–H groups in total. The molecule has 0 aliphatic carbocycles. The lowest BCUT2D eigenvalue weighted by Crippen LogP contribution is -2.34. The van der Waals surface area contributed by atoms with Gasteiger partial charge in [-0.1, -0.05) is 36.4 Å². The van der Waals surface area contributed by atoms with E-state index in [1.165, 1.54) is 0 Å². The zero-order valence-electron chi connectivity index (χ0n) is 19.0. The first-order valence-electron chi connectivity index (χ1n) is 10.8. The van der Waals surface area contributed by atoms with Crippen LogP contribution in [-0.2, 0) is 4.74 Å². The second-order valence-electron chi connectivity index (χ2n) is 7.46. The fourth-order valence-electron chi connectivity index (χ4n) is 3.13. The molecule has 176 valence electrons. The monoisotopic (exact) mass is 477 g/mol. The van der Waals surface area contributed by atoms with E-state index in [0.29, 0.717) is 35.8 Å². The second kappa shape index (κ2) is 12.5. The summed E-state index contributed by atoms with van der Waals surface area (Å²) >= 11 is 5.27. The van der Waals surface area contributed by atoms with E-state index in [0.717, 1.165) is 5.56 Å². The van der Waals surface area contributed by atoms with Gasteiger partial charge in [-0.2, -0.15) is 0 Å². The summed E-state index contributed by atoms with van der Waals surface area (Å²) in [5, 5.41) is 8.69. The van der Waals surface area contributed by atoms with Crippen LogP contribution in [0.5, 0.6) is 5.75 Å². The molecule has 8 heteroatoms. The van der Waals surface area contributed by atoms with Crippen molar-refractivity contribution in [2.45, 2.75) is 13.0 Å².